The van der Waals surface area contributed by atoms with Crippen LogP contribution in [-0.4, -0.2) is 23.0 Å². The highest BCUT2D eigenvalue weighted by atomic mass is 79.9. The second-order valence-corrected chi connectivity index (χ2v) is 6.10. The van der Waals surface area contributed by atoms with Gasteiger partial charge in [-0.1, -0.05) is 41.1 Å². The van der Waals surface area contributed by atoms with Gasteiger partial charge in [0, 0.05) is 22.9 Å². The van der Waals surface area contributed by atoms with Crippen molar-refractivity contribution in [3.05, 3.63) is 34.3 Å². The van der Waals surface area contributed by atoms with Crippen molar-refractivity contribution in [1.82, 2.24) is 5.32 Å². The third kappa shape index (κ3) is 6.29. The summed E-state index contributed by atoms with van der Waals surface area (Å²) in [5.41, 5.74) is 1.11. The number of hydrogen-bond donors (Lipinski definition) is 2. The molecule has 0 heterocycles. The van der Waals surface area contributed by atoms with Gasteiger partial charge in [0.25, 0.3) is 0 Å². The van der Waals surface area contributed by atoms with E-state index in [9.17, 15) is 9.59 Å². The van der Waals surface area contributed by atoms with Crippen molar-refractivity contribution in [1.29, 1.82) is 0 Å². The summed E-state index contributed by atoms with van der Waals surface area (Å²) in [5.74, 6) is -0.946. The van der Waals surface area contributed by atoms with E-state index in [1.807, 2.05) is 38.1 Å². The molecule has 2 N–H and O–H groups in total. The van der Waals surface area contributed by atoms with Crippen LogP contribution >= 0.6 is 15.9 Å². The standard InChI is InChI=1S/C16H22BrNO3/c1-3-12(10-13-6-4-5-7-14(13)17)16(21)18-11(2)8-9-15(19)20/h4-7,11-12H,3,8-10H2,1-2H3,(H,18,21)(H,19,20). The highest BCUT2D eigenvalue weighted by Crippen LogP contribution is 2.21. The van der Waals surface area contributed by atoms with Crippen molar-refractivity contribution in [2.24, 2.45) is 5.92 Å². The van der Waals surface area contributed by atoms with Crippen LogP contribution in [0.15, 0.2) is 28.7 Å². The van der Waals surface area contributed by atoms with Gasteiger partial charge in [-0.15, -0.1) is 0 Å². The second kappa shape index (κ2) is 8.82. The van der Waals surface area contributed by atoms with Crippen LogP contribution in [-0.2, 0) is 16.0 Å². The van der Waals surface area contributed by atoms with E-state index >= 15 is 0 Å². The summed E-state index contributed by atoms with van der Waals surface area (Å²) >= 11 is 3.50. The molecule has 1 amide bonds. The lowest BCUT2D eigenvalue weighted by molar-refractivity contribution is -0.137. The first-order chi connectivity index (χ1) is 9.93. The Morgan fingerprint density at radius 3 is 2.57 bits per heavy atom. The third-order valence-electron chi connectivity index (χ3n) is 3.47. The van der Waals surface area contributed by atoms with Gasteiger partial charge in [-0.05, 0) is 37.8 Å². The summed E-state index contributed by atoms with van der Waals surface area (Å²) in [4.78, 5) is 22.8. The van der Waals surface area contributed by atoms with Gasteiger partial charge >= 0.3 is 5.97 Å². The average Bonchev–Trinajstić information content (AvgIpc) is 2.44. The molecule has 2 atom stereocenters. The molecule has 0 bridgehead atoms. The fraction of sp³-hybridized carbons (Fsp3) is 0.500. The molecule has 1 rings (SSSR count). The monoisotopic (exact) mass is 355 g/mol. The van der Waals surface area contributed by atoms with Gasteiger partial charge in [-0.2, -0.15) is 0 Å². The van der Waals surface area contributed by atoms with Crippen LogP contribution in [0, 0.1) is 5.92 Å². The van der Waals surface area contributed by atoms with Crippen LogP contribution < -0.4 is 5.32 Å². The number of amides is 1. The first-order valence-electron chi connectivity index (χ1n) is 7.19. The predicted molar refractivity (Wildman–Crippen MR) is 86.1 cm³/mol. The molecular formula is C16H22BrNO3. The second-order valence-electron chi connectivity index (χ2n) is 5.24. The SMILES string of the molecule is CCC(Cc1ccccc1Br)C(=O)NC(C)CCC(=O)O. The van der Waals surface area contributed by atoms with E-state index in [4.69, 9.17) is 5.11 Å². The summed E-state index contributed by atoms with van der Waals surface area (Å²) in [5, 5.41) is 11.6. The molecule has 0 aliphatic carbocycles. The molecule has 21 heavy (non-hydrogen) atoms. The summed E-state index contributed by atoms with van der Waals surface area (Å²) in [6.45, 7) is 3.83. The average molecular weight is 356 g/mol. The van der Waals surface area contributed by atoms with Crippen LogP contribution in [0.5, 0.6) is 0 Å². The molecule has 4 nitrogen and oxygen atoms in total. The quantitative estimate of drug-likeness (QED) is 0.750. The Hall–Kier alpha value is -1.36. The fourth-order valence-corrected chi connectivity index (χ4v) is 2.57. The lowest BCUT2D eigenvalue weighted by atomic mass is 9.95. The van der Waals surface area contributed by atoms with Gasteiger partial charge in [-0.25, -0.2) is 0 Å². The van der Waals surface area contributed by atoms with Crippen LogP contribution in [0.3, 0.4) is 0 Å². The fourth-order valence-electron chi connectivity index (χ4n) is 2.12. The highest BCUT2D eigenvalue weighted by molar-refractivity contribution is 9.10. The highest BCUT2D eigenvalue weighted by Gasteiger charge is 2.19. The number of hydrogen-bond acceptors (Lipinski definition) is 2. The number of nitrogens with one attached hydrogen (secondary N) is 1. The minimum Gasteiger partial charge on any atom is -0.481 e. The molecule has 0 fully saturated rings. The van der Waals surface area contributed by atoms with Crippen LogP contribution in [0.1, 0.15) is 38.7 Å². The molecular weight excluding hydrogens is 334 g/mol. The first kappa shape index (κ1) is 17.7. The Balaban J connectivity index is 2.57. The molecule has 0 aromatic heterocycles. The lowest BCUT2D eigenvalue weighted by Gasteiger charge is -2.19. The number of aliphatic carboxylic acids is 1. The maximum Gasteiger partial charge on any atom is 0.303 e. The smallest absolute Gasteiger partial charge is 0.303 e. The molecule has 0 radical (unpaired) electrons. The maximum atomic E-state index is 12.3. The molecule has 2 unspecified atom stereocenters. The number of carboxylic acid groups (broad SMARTS) is 1. The van der Waals surface area contributed by atoms with Gasteiger partial charge in [0.2, 0.25) is 5.91 Å². The van der Waals surface area contributed by atoms with E-state index in [1.165, 1.54) is 0 Å². The zero-order chi connectivity index (χ0) is 15.8. The molecule has 1 aromatic rings. The van der Waals surface area contributed by atoms with E-state index in [-0.39, 0.29) is 24.3 Å². The van der Waals surface area contributed by atoms with Gasteiger partial charge < -0.3 is 10.4 Å². The van der Waals surface area contributed by atoms with E-state index in [0.717, 1.165) is 16.5 Å². The van der Waals surface area contributed by atoms with Crippen molar-refractivity contribution >= 4 is 27.8 Å². The Kier molecular flexibility index (Phi) is 7.43. The normalized spacial score (nSPS) is 13.5. The van der Waals surface area contributed by atoms with E-state index < -0.39 is 5.97 Å². The molecule has 0 saturated heterocycles. The van der Waals surface area contributed by atoms with Crippen LogP contribution in [0.25, 0.3) is 0 Å². The summed E-state index contributed by atoms with van der Waals surface area (Å²) in [6, 6.07) is 7.76. The minimum absolute atomic E-state index is 0.00820. The van der Waals surface area contributed by atoms with E-state index in [2.05, 4.69) is 21.2 Å². The van der Waals surface area contributed by atoms with Gasteiger partial charge in [-0.3, -0.25) is 9.59 Å². The van der Waals surface area contributed by atoms with Gasteiger partial charge in [0.15, 0.2) is 0 Å². The molecule has 0 aliphatic rings. The number of carbonyl (C=O) groups is 2. The van der Waals surface area contributed by atoms with Crippen molar-refractivity contribution in [3.8, 4) is 0 Å². The summed E-state index contributed by atoms with van der Waals surface area (Å²) in [6.07, 6.45) is 1.95. The molecule has 0 spiro atoms. The Labute approximate surface area is 134 Å². The molecule has 116 valence electrons. The Bertz CT molecular complexity index is 490. The minimum atomic E-state index is -0.837. The number of halogens is 1. The van der Waals surface area contributed by atoms with Crippen LogP contribution in [0.4, 0.5) is 0 Å². The topological polar surface area (TPSA) is 66.4 Å². The maximum absolute atomic E-state index is 12.3. The molecule has 0 saturated carbocycles. The molecule has 1 aromatic carbocycles. The number of rotatable bonds is 8. The van der Waals surface area contributed by atoms with Crippen molar-refractivity contribution in [3.63, 3.8) is 0 Å². The zero-order valence-corrected chi connectivity index (χ0v) is 14.0. The van der Waals surface area contributed by atoms with Crippen LogP contribution in [0.2, 0.25) is 0 Å². The van der Waals surface area contributed by atoms with Crippen molar-refractivity contribution < 1.29 is 14.7 Å². The Morgan fingerprint density at radius 1 is 1.33 bits per heavy atom. The molecule has 0 aliphatic heterocycles. The molecule has 5 heteroatoms. The lowest BCUT2D eigenvalue weighted by Crippen LogP contribution is -2.38. The van der Waals surface area contributed by atoms with E-state index in [1.54, 1.807) is 0 Å². The largest absolute Gasteiger partial charge is 0.481 e. The van der Waals surface area contributed by atoms with Gasteiger partial charge in [0.05, 0.1) is 0 Å². The third-order valence-corrected chi connectivity index (χ3v) is 4.24. The number of benzene rings is 1. The number of carboxylic acids is 1. The van der Waals surface area contributed by atoms with Gasteiger partial charge in [0.1, 0.15) is 0 Å². The van der Waals surface area contributed by atoms with E-state index in [0.29, 0.717) is 12.8 Å². The van der Waals surface area contributed by atoms with Crippen molar-refractivity contribution in [2.45, 2.75) is 45.6 Å². The summed E-state index contributed by atoms with van der Waals surface area (Å²) < 4.78 is 1.01. The van der Waals surface area contributed by atoms with Crippen molar-refractivity contribution in [2.75, 3.05) is 0 Å². The predicted octanol–water partition coefficient (Wildman–Crippen LogP) is 3.39. The summed E-state index contributed by atoms with van der Waals surface area (Å²) in [7, 11) is 0. The first-order valence-corrected chi connectivity index (χ1v) is 7.98. The zero-order valence-electron chi connectivity index (χ0n) is 12.4. The number of carbonyl (C=O) groups excluding carboxylic acids is 1. The Morgan fingerprint density at radius 2 is 2.00 bits per heavy atom.